The van der Waals surface area contributed by atoms with Crippen LogP contribution in [0.15, 0.2) is 0 Å². The molecule has 0 fully saturated rings. The first-order chi connectivity index (χ1) is 4.04. The summed E-state index contributed by atoms with van der Waals surface area (Å²) < 4.78 is 0. The minimum Gasteiger partial charge on any atom is -0.481 e. The van der Waals surface area contributed by atoms with Crippen molar-refractivity contribution in [2.24, 2.45) is 0 Å². The number of carbonyl (C=O) groups is 3. The molecule has 0 aromatic carbocycles. The van der Waals surface area contributed by atoms with Crippen molar-refractivity contribution in [3.63, 3.8) is 0 Å². The predicted octanol–water partition coefficient (Wildman–Crippen LogP) is -0.381. The summed E-state index contributed by atoms with van der Waals surface area (Å²) in [5, 5.41) is 7.96. The molecule has 0 radical (unpaired) electrons. The summed E-state index contributed by atoms with van der Waals surface area (Å²) in [5.74, 6) is -2.84. The summed E-state index contributed by atoms with van der Waals surface area (Å²) in [5.41, 5.74) is 0. The Hall–Kier alpha value is -1.19. The fourth-order valence-electron chi connectivity index (χ4n) is 0.262. The van der Waals surface area contributed by atoms with Gasteiger partial charge in [0.05, 0.1) is 0 Å². The summed E-state index contributed by atoms with van der Waals surface area (Å²) in [6, 6.07) is 0. The highest BCUT2D eigenvalue weighted by atomic mass is 16.4. The maximum absolute atomic E-state index is 10.2. The molecular formula is C5H6O4. The van der Waals surface area contributed by atoms with Crippen LogP contribution in [0, 0.1) is 0 Å². The third kappa shape index (κ3) is 3.40. The number of carbonyl (C=O) groups excluding carboxylic acids is 2. The van der Waals surface area contributed by atoms with Gasteiger partial charge in [-0.05, 0) is 0 Å². The average molecular weight is 133 g/mol. The van der Waals surface area contributed by atoms with Crippen LogP contribution >= 0.6 is 0 Å². The number of ketones is 2. The van der Waals surface area contributed by atoms with Gasteiger partial charge >= 0.3 is 5.97 Å². The molecule has 0 spiro atoms. The van der Waals surface area contributed by atoms with E-state index in [0.29, 0.717) is 0 Å². The van der Waals surface area contributed by atoms with E-state index in [4.69, 9.17) is 5.11 Å². The van der Waals surface area contributed by atoms with Crippen LogP contribution in [-0.2, 0) is 14.4 Å². The van der Waals surface area contributed by atoms with Crippen LogP contribution in [0.2, 0.25) is 0 Å². The molecule has 0 aliphatic rings. The lowest BCUT2D eigenvalue weighted by molar-refractivity contribution is -0.144. The maximum Gasteiger partial charge on any atom is 0.311 e. The molecule has 0 saturated carbocycles. The number of carboxylic acids is 1. The van der Waals surface area contributed by atoms with E-state index in [1.54, 1.807) is 0 Å². The van der Waals surface area contributed by atoms with Gasteiger partial charge in [-0.3, -0.25) is 14.4 Å². The molecule has 0 aromatic heterocycles. The standard InChI is InChI=1S/C5H6O4/c1-3(6)4(7)2-5(8)9/h2H2,1H3,(H,8,9)/i2+1,3+1,4+1. The first kappa shape index (κ1) is 7.81. The lowest BCUT2D eigenvalue weighted by Gasteiger charge is -1.86. The van der Waals surface area contributed by atoms with Crippen LogP contribution in [-0.4, -0.2) is 22.6 Å². The van der Waals surface area contributed by atoms with Gasteiger partial charge in [0.25, 0.3) is 0 Å². The summed E-state index contributed by atoms with van der Waals surface area (Å²) in [4.78, 5) is 30.0. The maximum atomic E-state index is 10.2. The highest BCUT2D eigenvalue weighted by molar-refractivity contribution is 6.38. The Bertz CT molecular complexity index is 158. The molecule has 0 bridgehead atoms. The number of hydrogen-bond acceptors (Lipinski definition) is 3. The molecule has 0 aromatic rings. The molecule has 9 heavy (non-hydrogen) atoms. The van der Waals surface area contributed by atoms with Crippen molar-refractivity contribution < 1.29 is 19.5 Å². The van der Waals surface area contributed by atoms with Gasteiger partial charge in [0, 0.05) is 6.92 Å². The normalized spacial score (nSPS) is 8.56. The molecule has 1 N–H and O–H groups in total. The van der Waals surface area contributed by atoms with Crippen molar-refractivity contribution in [3.8, 4) is 0 Å². The fraction of sp³-hybridized carbons (Fsp3) is 0.400. The van der Waals surface area contributed by atoms with Gasteiger partial charge in [-0.25, -0.2) is 0 Å². The zero-order valence-electron chi connectivity index (χ0n) is 4.88. The Labute approximate surface area is 51.5 Å². The molecule has 4 nitrogen and oxygen atoms in total. The monoisotopic (exact) mass is 133 g/mol. The third-order valence-corrected chi connectivity index (χ3v) is 0.704. The van der Waals surface area contributed by atoms with Gasteiger partial charge in [-0.15, -0.1) is 0 Å². The molecule has 0 atom stereocenters. The second-order valence-electron chi connectivity index (χ2n) is 1.55. The lowest BCUT2D eigenvalue weighted by Crippen LogP contribution is -2.13. The molecule has 0 amide bonds. The second kappa shape index (κ2) is 2.96. The fourth-order valence-corrected chi connectivity index (χ4v) is 0.262. The Morgan fingerprint density at radius 1 is 1.33 bits per heavy atom. The van der Waals surface area contributed by atoms with E-state index in [0.717, 1.165) is 6.92 Å². The van der Waals surface area contributed by atoms with E-state index in [-0.39, 0.29) is 0 Å². The van der Waals surface area contributed by atoms with Crippen molar-refractivity contribution in [1.29, 1.82) is 0 Å². The van der Waals surface area contributed by atoms with Crippen LogP contribution < -0.4 is 0 Å². The highest BCUT2D eigenvalue weighted by Gasteiger charge is 2.11. The molecule has 0 aliphatic carbocycles. The first-order valence-corrected chi connectivity index (χ1v) is 2.29. The SMILES string of the molecule is C[13C](=O)[13C](=O)[13CH2]C(=O)O. The van der Waals surface area contributed by atoms with Gasteiger partial charge in [-0.1, -0.05) is 0 Å². The van der Waals surface area contributed by atoms with Gasteiger partial charge < -0.3 is 5.11 Å². The smallest absolute Gasteiger partial charge is 0.311 e. The topological polar surface area (TPSA) is 71.4 Å². The van der Waals surface area contributed by atoms with Crippen LogP contribution in [0.25, 0.3) is 0 Å². The molecule has 0 unspecified atom stereocenters. The third-order valence-electron chi connectivity index (χ3n) is 0.704. The summed E-state index contributed by atoms with van der Waals surface area (Å²) >= 11 is 0. The predicted molar refractivity (Wildman–Crippen MR) is 27.9 cm³/mol. The number of hydrogen-bond donors (Lipinski definition) is 1. The lowest BCUT2D eigenvalue weighted by atomic mass is 10.9. The van der Waals surface area contributed by atoms with Crippen molar-refractivity contribution in [1.82, 2.24) is 0 Å². The molecule has 50 valence electrons. The van der Waals surface area contributed by atoms with Gasteiger partial charge in [-0.2, -0.15) is 0 Å². The summed E-state index contributed by atoms with van der Waals surface area (Å²) in [7, 11) is 0. The number of rotatable bonds is 3. The van der Waals surface area contributed by atoms with Crippen LogP contribution in [0.3, 0.4) is 0 Å². The van der Waals surface area contributed by atoms with Gasteiger partial charge in [0.15, 0.2) is 5.78 Å². The molecule has 4 heteroatoms. The van der Waals surface area contributed by atoms with E-state index in [1.165, 1.54) is 0 Å². The first-order valence-electron chi connectivity index (χ1n) is 2.29. The Kier molecular flexibility index (Phi) is 2.57. The van der Waals surface area contributed by atoms with Crippen molar-refractivity contribution >= 4 is 17.5 Å². The van der Waals surface area contributed by atoms with Crippen molar-refractivity contribution in [2.45, 2.75) is 13.3 Å². The summed E-state index contributed by atoms with van der Waals surface area (Å²) in [6.45, 7) is 1.05. The van der Waals surface area contributed by atoms with E-state index in [2.05, 4.69) is 0 Å². The van der Waals surface area contributed by atoms with E-state index >= 15 is 0 Å². The van der Waals surface area contributed by atoms with E-state index < -0.39 is 24.0 Å². The minimum absolute atomic E-state index is 0.699. The van der Waals surface area contributed by atoms with Crippen molar-refractivity contribution in [2.75, 3.05) is 0 Å². The minimum atomic E-state index is -1.27. The molecular weight excluding hydrogens is 127 g/mol. The van der Waals surface area contributed by atoms with Gasteiger partial charge in [0.2, 0.25) is 5.78 Å². The Balaban J connectivity index is 3.79. The largest absolute Gasteiger partial charge is 0.481 e. The quantitative estimate of drug-likeness (QED) is 0.323. The highest BCUT2D eigenvalue weighted by Crippen LogP contribution is 1.83. The van der Waals surface area contributed by atoms with Crippen LogP contribution in [0.5, 0.6) is 0 Å². The molecule has 0 heterocycles. The summed E-state index contributed by atoms with van der Waals surface area (Å²) in [6.07, 6.45) is -0.699. The molecule has 0 rings (SSSR count). The van der Waals surface area contributed by atoms with Crippen molar-refractivity contribution in [3.05, 3.63) is 0 Å². The average Bonchev–Trinajstić information content (AvgIpc) is 1.63. The zero-order valence-corrected chi connectivity index (χ0v) is 4.88. The van der Waals surface area contributed by atoms with Crippen LogP contribution in [0.1, 0.15) is 13.3 Å². The molecule has 0 aliphatic heterocycles. The Morgan fingerprint density at radius 3 is 1.89 bits per heavy atom. The van der Waals surface area contributed by atoms with E-state index in [9.17, 15) is 14.4 Å². The number of Topliss-reactive ketones (excluding diaryl/α,β-unsaturated/α-hetero) is 2. The molecule has 0 saturated heterocycles. The number of carboxylic acid groups (broad SMARTS) is 1. The van der Waals surface area contributed by atoms with E-state index in [1.807, 2.05) is 0 Å². The van der Waals surface area contributed by atoms with Gasteiger partial charge in [0.1, 0.15) is 6.42 Å². The zero-order chi connectivity index (χ0) is 7.44. The Morgan fingerprint density at radius 2 is 1.78 bits per heavy atom. The second-order valence-corrected chi connectivity index (χ2v) is 1.55. The number of aliphatic carboxylic acids is 1. The van der Waals surface area contributed by atoms with Crippen LogP contribution in [0.4, 0.5) is 0 Å².